The molecule has 1 amide bonds. The van der Waals surface area contributed by atoms with E-state index < -0.39 is 5.82 Å². The van der Waals surface area contributed by atoms with Crippen LogP contribution in [0.25, 0.3) is 0 Å². The van der Waals surface area contributed by atoms with E-state index in [9.17, 15) is 9.18 Å². The van der Waals surface area contributed by atoms with Gasteiger partial charge in [-0.2, -0.15) is 0 Å². The van der Waals surface area contributed by atoms with Gasteiger partial charge < -0.3 is 15.8 Å². The Balaban J connectivity index is 1.91. The number of hydrogen-bond acceptors (Lipinski definition) is 3. The zero-order chi connectivity index (χ0) is 21.1. The van der Waals surface area contributed by atoms with E-state index in [1.54, 1.807) is 24.3 Å². The van der Waals surface area contributed by atoms with Crippen molar-refractivity contribution in [3.8, 4) is 5.75 Å². The van der Waals surface area contributed by atoms with Gasteiger partial charge in [0.25, 0.3) is 5.91 Å². The third kappa shape index (κ3) is 7.08. The minimum Gasteiger partial charge on any atom is -0.491 e. The van der Waals surface area contributed by atoms with Crippen LogP contribution >= 0.6 is 0 Å². The van der Waals surface area contributed by atoms with Gasteiger partial charge in [-0.05, 0) is 25.0 Å². The highest BCUT2D eigenvalue weighted by atomic mass is 19.1. The average molecular weight is 401 g/mol. The minimum absolute atomic E-state index is 0.0804. The molecule has 158 valence electrons. The molecule has 3 N–H and O–H groups in total. The van der Waals surface area contributed by atoms with Crippen molar-refractivity contribution in [3.63, 3.8) is 0 Å². The standard InChI is InChI=1S/C24H33FN2O2/c1-3-5-6-7-8-15-29-22-14-10-12-19(23(22)25)17-27-24(28)20-13-9-11-18(4-2)16-21(20)26/h9-14H,3-8,15-17,26H2,1-2H3,(H,27,28). The van der Waals surface area contributed by atoms with Crippen molar-refractivity contribution in [2.45, 2.75) is 65.3 Å². The van der Waals surface area contributed by atoms with Crippen molar-refractivity contribution < 1.29 is 13.9 Å². The van der Waals surface area contributed by atoms with Gasteiger partial charge in [0, 0.05) is 24.2 Å². The number of ether oxygens (including phenoxy) is 1. The van der Waals surface area contributed by atoms with Crippen molar-refractivity contribution in [1.82, 2.24) is 5.32 Å². The van der Waals surface area contributed by atoms with Crippen LogP contribution in [0.1, 0.15) is 64.4 Å². The predicted octanol–water partition coefficient (Wildman–Crippen LogP) is 5.30. The lowest BCUT2D eigenvalue weighted by atomic mass is 10.1. The zero-order valence-corrected chi connectivity index (χ0v) is 17.6. The highest BCUT2D eigenvalue weighted by Gasteiger charge is 2.15. The van der Waals surface area contributed by atoms with E-state index >= 15 is 0 Å². The molecule has 0 aromatic heterocycles. The molecule has 0 radical (unpaired) electrons. The third-order valence-corrected chi connectivity index (χ3v) is 5.05. The number of nitrogens with two attached hydrogens (primary N) is 1. The van der Waals surface area contributed by atoms with E-state index in [2.05, 4.69) is 19.2 Å². The molecule has 5 heteroatoms. The van der Waals surface area contributed by atoms with Crippen LogP contribution in [0.3, 0.4) is 0 Å². The topological polar surface area (TPSA) is 64.3 Å². The number of allylic oxidation sites excluding steroid dienone is 3. The fourth-order valence-corrected chi connectivity index (χ4v) is 3.21. The third-order valence-electron chi connectivity index (χ3n) is 5.05. The molecule has 1 aromatic carbocycles. The molecule has 0 heterocycles. The van der Waals surface area contributed by atoms with Gasteiger partial charge >= 0.3 is 0 Å². The summed E-state index contributed by atoms with van der Waals surface area (Å²) in [5.74, 6) is -0.488. The number of rotatable bonds is 11. The normalized spacial score (nSPS) is 13.8. The summed E-state index contributed by atoms with van der Waals surface area (Å²) in [6.07, 6.45) is 12.6. The summed E-state index contributed by atoms with van der Waals surface area (Å²) in [7, 11) is 0. The second-order valence-corrected chi connectivity index (χ2v) is 7.33. The van der Waals surface area contributed by atoms with Crippen LogP contribution in [0.15, 0.2) is 53.3 Å². The summed E-state index contributed by atoms with van der Waals surface area (Å²) >= 11 is 0. The Morgan fingerprint density at radius 2 is 2.00 bits per heavy atom. The van der Waals surface area contributed by atoms with E-state index in [1.807, 2.05) is 12.2 Å². The summed E-state index contributed by atoms with van der Waals surface area (Å²) in [6.45, 7) is 4.81. The molecule has 0 saturated carbocycles. The second-order valence-electron chi connectivity index (χ2n) is 7.33. The van der Waals surface area contributed by atoms with Crippen molar-refractivity contribution >= 4 is 5.91 Å². The van der Waals surface area contributed by atoms with Crippen molar-refractivity contribution in [1.29, 1.82) is 0 Å². The fourth-order valence-electron chi connectivity index (χ4n) is 3.21. The number of nitrogens with one attached hydrogen (secondary N) is 1. The smallest absolute Gasteiger partial charge is 0.253 e. The van der Waals surface area contributed by atoms with Gasteiger partial charge in [0.15, 0.2) is 11.6 Å². The molecule has 0 fully saturated rings. The van der Waals surface area contributed by atoms with Crippen LogP contribution in [-0.4, -0.2) is 12.5 Å². The summed E-state index contributed by atoms with van der Waals surface area (Å²) < 4.78 is 20.3. The molecule has 1 aliphatic rings. The fraction of sp³-hybridized carbons (Fsp3) is 0.458. The Morgan fingerprint density at radius 3 is 2.76 bits per heavy atom. The lowest BCUT2D eigenvalue weighted by Crippen LogP contribution is -2.26. The van der Waals surface area contributed by atoms with Crippen LogP contribution in [-0.2, 0) is 11.3 Å². The zero-order valence-electron chi connectivity index (χ0n) is 17.6. The monoisotopic (exact) mass is 400 g/mol. The van der Waals surface area contributed by atoms with Gasteiger partial charge in [0.2, 0.25) is 0 Å². The molecule has 0 atom stereocenters. The lowest BCUT2D eigenvalue weighted by molar-refractivity contribution is -0.117. The highest BCUT2D eigenvalue weighted by Crippen LogP contribution is 2.22. The van der Waals surface area contributed by atoms with Crippen LogP contribution in [0.2, 0.25) is 0 Å². The summed E-state index contributed by atoms with van der Waals surface area (Å²) in [4.78, 5) is 12.5. The number of amides is 1. The lowest BCUT2D eigenvalue weighted by Gasteiger charge is -2.12. The molecule has 0 aliphatic heterocycles. The number of carbonyl (C=O) groups excluding carboxylic acids is 1. The van der Waals surface area contributed by atoms with E-state index in [-0.39, 0.29) is 18.2 Å². The summed E-state index contributed by atoms with van der Waals surface area (Å²) in [6, 6.07) is 5.02. The Bertz CT molecular complexity index is 781. The van der Waals surface area contributed by atoms with Crippen molar-refractivity contribution in [3.05, 3.63) is 64.7 Å². The second kappa shape index (κ2) is 12.1. The first-order valence-corrected chi connectivity index (χ1v) is 10.6. The Labute approximate surface area is 173 Å². The first kappa shape index (κ1) is 22.7. The van der Waals surface area contributed by atoms with Gasteiger partial charge in [-0.25, -0.2) is 4.39 Å². The van der Waals surface area contributed by atoms with E-state index in [0.717, 1.165) is 19.3 Å². The maximum Gasteiger partial charge on any atom is 0.253 e. The van der Waals surface area contributed by atoms with Crippen LogP contribution in [0.4, 0.5) is 4.39 Å². The molecule has 0 bridgehead atoms. The highest BCUT2D eigenvalue weighted by molar-refractivity contribution is 5.97. The first-order valence-electron chi connectivity index (χ1n) is 10.6. The molecular weight excluding hydrogens is 367 g/mol. The molecule has 1 aromatic rings. The predicted molar refractivity (Wildman–Crippen MR) is 116 cm³/mol. The Hall–Kier alpha value is -2.56. The number of halogens is 1. The molecular formula is C24H33FN2O2. The Morgan fingerprint density at radius 1 is 1.21 bits per heavy atom. The van der Waals surface area contributed by atoms with Crippen molar-refractivity contribution in [2.24, 2.45) is 5.73 Å². The van der Waals surface area contributed by atoms with Gasteiger partial charge in [0.05, 0.1) is 12.2 Å². The van der Waals surface area contributed by atoms with E-state index in [1.165, 1.54) is 24.8 Å². The average Bonchev–Trinajstić information content (AvgIpc) is 2.91. The summed E-state index contributed by atoms with van der Waals surface area (Å²) in [5, 5.41) is 2.77. The van der Waals surface area contributed by atoms with E-state index in [4.69, 9.17) is 10.5 Å². The molecule has 1 aliphatic carbocycles. The number of benzene rings is 1. The molecule has 0 unspecified atom stereocenters. The van der Waals surface area contributed by atoms with Crippen LogP contribution < -0.4 is 15.8 Å². The van der Waals surface area contributed by atoms with Crippen LogP contribution in [0, 0.1) is 5.82 Å². The Kier molecular flexibility index (Phi) is 9.48. The van der Waals surface area contributed by atoms with Gasteiger partial charge in [-0.15, -0.1) is 0 Å². The number of unbranched alkanes of at least 4 members (excludes halogenated alkanes) is 4. The van der Waals surface area contributed by atoms with Gasteiger partial charge in [0.1, 0.15) is 0 Å². The molecule has 2 rings (SSSR count). The maximum absolute atomic E-state index is 14.7. The van der Waals surface area contributed by atoms with Crippen molar-refractivity contribution in [2.75, 3.05) is 6.61 Å². The largest absolute Gasteiger partial charge is 0.491 e. The molecule has 4 nitrogen and oxygen atoms in total. The molecule has 0 spiro atoms. The number of carbonyl (C=O) groups is 1. The van der Waals surface area contributed by atoms with Crippen LogP contribution in [0.5, 0.6) is 5.75 Å². The maximum atomic E-state index is 14.7. The quantitative estimate of drug-likeness (QED) is 0.495. The minimum atomic E-state index is -0.422. The summed E-state index contributed by atoms with van der Waals surface area (Å²) in [5.41, 5.74) is 8.63. The van der Waals surface area contributed by atoms with Gasteiger partial charge in [-0.1, -0.05) is 69.4 Å². The molecule has 0 saturated heterocycles. The number of hydrogen-bond donors (Lipinski definition) is 2. The molecule has 29 heavy (non-hydrogen) atoms. The SMILES string of the molecule is CCCCCCCOc1cccc(CNC(=O)C2=C(N)CC(CC)=CC=C2)c1F. The van der Waals surface area contributed by atoms with E-state index in [0.29, 0.717) is 29.9 Å². The van der Waals surface area contributed by atoms with Gasteiger partial charge in [-0.3, -0.25) is 4.79 Å². The first-order chi connectivity index (χ1) is 14.1.